The van der Waals surface area contributed by atoms with Gasteiger partial charge in [0.2, 0.25) is 0 Å². The first-order valence-corrected chi connectivity index (χ1v) is 7.74. The molecule has 2 rings (SSSR count). The Morgan fingerprint density at radius 3 is 2.52 bits per heavy atom. The maximum absolute atomic E-state index is 13.5. The van der Waals surface area contributed by atoms with Crippen LogP contribution in [0.4, 0.5) is 4.39 Å². The normalized spacial score (nSPS) is 12.2. The van der Waals surface area contributed by atoms with Gasteiger partial charge in [0.25, 0.3) is 0 Å². The van der Waals surface area contributed by atoms with Gasteiger partial charge in [0.05, 0.1) is 7.11 Å². The minimum atomic E-state index is -0.333. The quantitative estimate of drug-likeness (QED) is 0.827. The summed E-state index contributed by atoms with van der Waals surface area (Å²) in [6.45, 7) is 2.91. The Balaban J connectivity index is 2.23. The van der Waals surface area contributed by atoms with Crippen molar-refractivity contribution < 1.29 is 9.13 Å². The van der Waals surface area contributed by atoms with Gasteiger partial charge in [-0.3, -0.25) is 0 Å². The second-order valence-corrected chi connectivity index (χ2v) is 5.75. The SMILES string of the molecule is CCNC(Cc1ccc(Br)cc1)c1ccc(F)c(OC)c1. The number of nitrogens with one attached hydrogen (secondary N) is 1. The molecular formula is C17H19BrFNO. The van der Waals surface area contributed by atoms with Gasteiger partial charge in [0.1, 0.15) is 0 Å². The molecule has 0 saturated carbocycles. The molecule has 112 valence electrons. The second-order valence-electron chi connectivity index (χ2n) is 4.83. The molecule has 0 aromatic heterocycles. The summed E-state index contributed by atoms with van der Waals surface area (Å²) in [6, 6.07) is 13.4. The number of likely N-dealkylation sites (N-methyl/N-ethyl adjacent to an activating group) is 1. The third-order valence-electron chi connectivity index (χ3n) is 3.38. The molecular weight excluding hydrogens is 333 g/mol. The van der Waals surface area contributed by atoms with Gasteiger partial charge in [-0.05, 0) is 48.4 Å². The first-order chi connectivity index (χ1) is 10.1. The predicted molar refractivity (Wildman–Crippen MR) is 87.2 cm³/mol. The van der Waals surface area contributed by atoms with E-state index < -0.39 is 0 Å². The van der Waals surface area contributed by atoms with Crippen LogP contribution in [0.2, 0.25) is 0 Å². The van der Waals surface area contributed by atoms with Gasteiger partial charge in [-0.15, -0.1) is 0 Å². The van der Waals surface area contributed by atoms with Crippen molar-refractivity contribution in [2.45, 2.75) is 19.4 Å². The fourth-order valence-corrected chi connectivity index (χ4v) is 2.57. The molecule has 0 saturated heterocycles. The van der Waals surface area contributed by atoms with E-state index in [1.54, 1.807) is 6.07 Å². The van der Waals surface area contributed by atoms with Crippen molar-refractivity contribution in [2.24, 2.45) is 0 Å². The van der Waals surface area contributed by atoms with E-state index in [-0.39, 0.29) is 17.6 Å². The van der Waals surface area contributed by atoms with E-state index in [1.807, 2.05) is 18.2 Å². The standard InChI is InChI=1S/C17H19BrFNO/c1-3-20-16(10-12-4-7-14(18)8-5-12)13-6-9-15(19)17(11-13)21-2/h4-9,11,16,20H,3,10H2,1-2H3. The highest BCUT2D eigenvalue weighted by Gasteiger charge is 2.14. The van der Waals surface area contributed by atoms with Crippen molar-refractivity contribution in [3.63, 3.8) is 0 Å². The Labute approximate surface area is 133 Å². The summed E-state index contributed by atoms with van der Waals surface area (Å²) in [7, 11) is 1.49. The molecule has 0 bridgehead atoms. The Hall–Kier alpha value is -1.39. The number of hydrogen-bond donors (Lipinski definition) is 1. The lowest BCUT2D eigenvalue weighted by atomic mass is 9.98. The maximum atomic E-state index is 13.5. The summed E-state index contributed by atoms with van der Waals surface area (Å²) in [5.41, 5.74) is 2.26. The summed E-state index contributed by atoms with van der Waals surface area (Å²) < 4.78 is 19.7. The van der Waals surface area contributed by atoms with Crippen LogP contribution in [0.25, 0.3) is 0 Å². The Kier molecular flexibility index (Phi) is 5.76. The van der Waals surface area contributed by atoms with E-state index in [4.69, 9.17) is 4.74 Å². The minimum Gasteiger partial charge on any atom is -0.494 e. The van der Waals surface area contributed by atoms with Gasteiger partial charge in [0.15, 0.2) is 11.6 Å². The van der Waals surface area contributed by atoms with Crippen molar-refractivity contribution in [3.05, 3.63) is 63.9 Å². The first kappa shape index (κ1) is 16.0. The van der Waals surface area contributed by atoms with Gasteiger partial charge in [-0.1, -0.05) is 41.1 Å². The Morgan fingerprint density at radius 1 is 1.19 bits per heavy atom. The molecule has 4 heteroatoms. The maximum Gasteiger partial charge on any atom is 0.165 e. The van der Waals surface area contributed by atoms with E-state index in [1.165, 1.54) is 18.7 Å². The highest BCUT2D eigenvalue weighted by molar-refractivity contribution is 9.10. The highest BCUT2D eigenvalue weighted by Crippen LogP contribution is 2.25. The van der Waals surface area contributed by atoms with Gasteiger partial charge >= 0.3 is 0 Å². The molecule has 0 aliphatic heterocycles. The molecule has 2 aromatic carbocycles. The molecule has 0 heterocycles. The number of hydrogen-bond acceptors (Lipinski definition) is 2. The summed E-state index contributed by atoms with van der Waals surface area (Å²) >= 11 is 3.44. The lowest BCUT2D eigenvalue weighted by Gasteiger charge is -2.19. The van der Waals surface area contributed by atoms with Crippen LogP contribution < -0.4 is 10.1 Å². The van der Waals surface area contributed by atoms with E-state index in [2.05, 4.69) is 40.3 Å². The number of ether oxygens (including phenoxy) is 1. The molecule has 0 radical (unpaired) electrons. The summed E-state index contributed by atoms with van der Waals surface area (Å²) in [4.78, 5) is 0. The first-order valence-electron chi connectivity index (χ1n) is 6.95. The number of halogens is 2. The largest absolute Gasteiger partial charge is 0.494 e. The average molecular weight is 352 g/mol. The van der Waals surface area contributed by atoms with Crippen LogP contribution in [0.5, 0.6) is 5.75 Å². The van der Waals surface area contributed by atoms with Crippen LogP contribution in [0.3, 0.4) is 0 Å². The minimum absolute atomic E-state index is 0.130. The van der Waals surface area contributed by atoms with Gasteiger partial charge in [0, 0.05) is 10.5 Å². The van der Waals surface area contributed by atoms with Gasteiger partial charge in [-0.25, -0.2) is 4.39 Å². The van der Waals surface area contributed by atoms with E-state index in [0.29, 0.717) is 0 Å². The molecule has 1 N–H and O–H groups in total. The van der Waals surface area contributed by atoms with Crippen molar-refractivity contribution in [2.75, 3.05) is 13.7 Å². The lowest BCUT2D eigenvalue weighted by molar-refractivity contribution is 0.384. The monoisotopic (exact) mass is 351 g/mol. The molecule has 0 fully saturated rings. The van der Waals surface area contributed by atoms with Crippen LogP contribution in [0.1, 0.15) is 24.1 Å². The summed E-state index contributed by atoms with van der Waals surface area (Å²) in [5, 5.41) is 3.44. The number of benzene rings is 2. The van der Waals surface area contributed by atoms with Crippen LogP contribution >= 0.6 is 15.9 Å². The number of methoxy groups -OCH3 is 1. The summed E-state index contributed by atoms with van der Waals surface area (Å²) in [5.74, 6) is -0.0497. The van der Waals surface area contributed by atoms with Gasteiger partial charge < -0.3 is 10.1 Å². The van der Waals surface area contributed by atoms with Crippen LogP contribution in [0.15, 0.2) is 46.9 Å². The zero-order valence-corrected chi connectivity index (χ0v) is 13.8. The number of rotatable bonds is 6. The molecule has 0 spiro atoms. The average Bonchev–Trinajstić information content (AvgIpc) is 2.49. The molecule has 0 amide bonds. The lowest BCUT2D eigenvalue weighted by Crippen LogP contribution is -2.23. The fourth-order valence-electron chi connectivity index (χ4n) is 2.30. The molecule has 2 aromatic rings. The molecule has 0 aliphatic rings. The Bertz CT molecular complexity index is 586. The second kappa shape index (κ2) is 7.57. The van der Waals surface area contributed by atoms with Crippen LogP contribution in [-0.4, -0.2) is 13.7 Å². The third-order valence-corrected chi connectivity index (χ3v) is 3.91. The van der Waals surface area contributed by atoms with E-state index in [0.717, 1.165) is 23.0 Å². The zero-order valence-electron chi connectivity index (χ0n) is 12.2. The predicted octanol–water partition coefficient (Wildman–Crippen LogP) is 4.49. The molecule has 1 unspecified atom stereocenters. The van der Waals surface area contributed by atoms with Crippen LogP contribution in [0, 0.1) is 5.82 Å². The summed E-state index contributed by atoms with van der Waals surface area (Å²) in [6.07, 6.45) is 0.843. The van der Waals surface area contributed by atoms with Gasteiger partial charge in [-0.2, -0.15) is 0 Å². The Morgan fingerprint density at radius 2 is 1.90 bits per heavy atom. The molecule has 0 aliphatic carbocycles. The zero-order chi connectivity index (χ0) is 15.2. The molecule has 2 nitrogen and oxygen atoms in total. The van der Waals surface area contributed by atoms with Crippen molar-refractivity contribution in [1.29, 1.82) is 0 Å². The van der Waals surface area contributed by atoms with Crippen molar-refractivity contribution in [3.8, 4) is 5.75 Å². The fraction of sp³-hybridized carbons (Fsp3) is 0.294. The molecule has 1 atom stereocenters. The highest BCUT2D eigenvalue weighted by atomic mass is 79.9. The van der Waals surface area contributed by atoms with Crippen molar-refractivity contribution >= 4 is 15.9 Å². The van der Waals surface area contributed by atoms with Crippen molar-refractivity contribution in [1.82, 2.24) is 5.32 Å². The van der Waals surface area contributed by atoms with E-state index in [9.17, 15) is 4.39 Å². The van der Waals surface area contributed by atoms with Crippen LogP contribution in [-0.2, 0) is 6.42 Å². The smallest absolute Gasteiger partial charge is 0.165 e. The topological polar surface area (TPSA) is 21.3 Å². The third kappa shape index (κ3) is 4.29. The van der Waals surface area contributed by atoms with E-state index >= 15 is 0 Å². The molecule has 21 heavy (non-hydrogen) atoms.